The number of aromatic nitrogens is 1. The average molecular weight is 222 g/mol. The van der Waals surface area contributed by atoms with Gasteiger partial charge in [-0.3, -0.25) is 4.98 Å². The van der Waals surface area contributed by atoms with Gasteiger partial charge in [0.05, 0.1) is 30.7 Å². The maximum atomic E-state index is 5.78. The molecular weight excluding hydrogens is 204 g/mol. The number of hydrogen-bond acceptors (Lipinski definition) is 4. The molecule has 0 saturated carbocycles. The molecule has 1 aromatic rings. The molecular formula is C12H18N2O2. The molecule has 88 valence electrons. The van der Waals surface area contributed by atoms with E-state index in [4.69, 9.17) is 15.2 Å². The summed E-state index contributed by atoms with van der Waals surface area (Å²) in [6.45, 7) is 3.97. The van der Waals surface area contributed by atoms with Crippen LogP contribution in [-0.2, 0) is 16.1 Å². The Balaban J connectivity index is 1.90. The molecule has 1 aliphatic heterocycles. The summed E-state index contributed by atoms with van der Waals surface area (Å²) in [5.74, 6) is 0. The molecule has 1 fully saturated rings. The summed E-state index contributed by atoms with van der Waals surface area (Å²) in [6, 6.07) is 5.83. The summed E-state index contributed by atoms with van der Waals surface area (Å²) in [7, 11) is 0. The van der Waals surface area contributed by atoms with Crippen LogP contribution < -0.4 is 5.73 Å². The minimum absolute atomic E-state index is 0.0326. The summed E-state index contributed by atoms with van der Waals surface area (Å²) >= 11 is 0. The summed E-state index contributed by atoms with van der Waals surface area (Å²) in [4.78, 5) is 4.44. The molecule has 2 unspecified atom stereocenters. The maximum Gasteiger partial charge on any atom is 0.0892 e. The second-order valence-corrected chi connectivity index (χ2v) is 4.14. The lowest BCUT2D eigenvalue weighted by atomic mass is 10.2. The predicted molar refractivity (Wildman–Crippen MR) is 60.9 cm³/mol. The van der Waals surface area contributed by atoms with Crippen LogP contribution in [0, 0.1) is 0 Å². The van der Waals surface area contributed by atoms with Gasteiger partial charge in [0.2, 0.25) is 0 Å². The van der Waals surface area contributed by atoms with Crippen LogP contribution in [0.1, 0.15) is 30.8 Å². The van der Waals surface area contributed by atoms with E-state index in [9.17, 15) is 0 Å². The Bertz CT molecular complexity index is 336. The maximum absolute atomic E-state index is 5.78. The van der Waals surface area contributed by atoms with Crippen LogP contribution in [0.4, 0.5) is 0 Å². The molecule has 1 saturated heterocycles. The van der Waals surface area contributed by atoms with Gasteiger partial charge in [0, 0.05) is 12.6 Å². The van der Waals surface area contributed by atoms with E-state index in [2.05, 4.69) is 4.98 Å². The monoisotopic (exact) mass is 222 g/mol. The Morgan fingerprint density at radius 2 is 2.50 bits per heavy atom. The highest BCUT2D eigenvalue weighted by Gasteiger charge is 2.16. The van der Waals surface area contributed by atoms with Crippen molar-refractivity contribution in [3.8, 4) is 0 Å². The van der Waals surface area contributed by atoms with Gasteiger partial charge >= 0.3 is 0 Å². The minimum Gasteiger partial charge on any atom is -0.379 e. The fraction of sp³-hybridized carbons (Fsp3) is 0.583. The topological polar surface area (TPSA) is 57.4 Å². The summed E-state index contributed by atoms with van der Waals surface area (Å²) in [5.41, 5.74) is 7.62. The lowest BCUT2D eigenvalue weighted by Crippen LogP contribution is -2.13. The number of ether oxygens (including phenoxy) is 2. The molecule has 4 nitrogen and oxygen atoms in total. The van der Waals surface area contributed by atoms with Crippen molar-refractivity contribution in [1.82, 2.24) is 4.98 Å². The van der Waals surface area contributed by atoms with E-state index in [0.717, 1.165) is 24.4 Å². The highest BCUT2D eigenvalue weighted by molar-refractivity contribution is 5.13. The van der Waals surface area contributed by atoms with E-state index in [0.29, 0.717) is 13.2 Å². The van der Waals surface area contributed by atoms with E-state index in [-0.39, 0.29) is 12.1 Å². The van der Waals surface area contributed by atoms with Crippen LogP contribution >= 0.6 is 0 Å². The molecule has 0 bridgehead atoms. The van der Waals surface area contributed by atoms with Gasteiger partial charge in [0.1, 0.15) is 0 Å². The molecule has 0 aliphatic carbocycles. The van der Waals surface area contributed by atoms with Crippen LogP contribution in [0.15, 0.2) is 18.2 Å². The van der Waals surface area contributed by atoms with E-state index in [1.165, 1.54) is 0 Å². The van der Waals surface area contributed by atoms with Crippen molar-refractivity contribution in [2.45, 2.75) is 32.1 Å². The zero-order valence-electron chi connectivity index (χ0n) is 9.56. The van der Waals surface area contributed by atoms with Crippen LogP contribution in [0.25, 0.3) is 0 Å². The molecule has 2 N–H and O–H groups in total. The number of pyridine rings is 1. The van der Waals surface area contributed by atoms with Gasteiger partial charge in [-0.1, -0.05) is 6.07 Å². The largest absolute Gasteiger partial charge is 0.379 e. The summed E-state index contributed by atoms with van der Waals surface area (Å²) in [5, 5.41) is 0. The van der Waals surface area contributed by atoms with Crippen molar-refractivity contribution < 1.29 is 9.47 Å². The first-order valence-electron chi connectivity index (χ1n) is 5.66. The van der Waals surface area contributed by atoms with Gasteiger partial charge in [-0.05, 0) is 25.5 Å². The summed E-state index contributed by atoms with van der Waals surface area (Å²) < 4.78 is 10.9. The van der Waals surface area contributed by atoms with Gasteiger partial charge in [-0.25, -0.2) is 0 Å². The smallest absolute Gasteiger partial charge is 0.0892 e. The van der Waals surface area contributed by atoms with Crippen molar-refractivity contribution in [3.63, 3.8) is 0 Å². The fourth-order valence-electron chi connectivity index (χ4n) is 1.68. The molecule has 1 aromatic heterocycles. The fourth-order valence-corrected chi connectivity index (χ4v) is 1.68. The number of nitrogens with two attached hydrogens (primary N) is 1. The number of rotatable bonds is 4. The number of nitrogens with zero attached hydrogens (tertiary/aromatic N) is 1. The van der Waals surface area contributed by atoms with Crippen molar-refractivity contribution in [3.05, 3.63) is 29.6 Å². The Hall–Kier alpha value is -0.970. The van der Waals surface area contributed by atoms with Gasteiger partial charge in [-0.2, -0.15) is 0 Å². The quantitative estimate of drug-likeness (QED) is 0.836. The minimum atomic E-state index is -0.0326. The second-order valence-electron chi connectivity index (χ2n) is 4.14. The molecule has 0 spiro atoms. The zero-order chi connectivity index (χ0) is 11.4. The molecule has 0 amide bonds. The average Bonchev–Trinajstić information content (AvgIpc) is 2.79. The Kier molecular flexibility index (Phi) is 3.88. The molecule has 16 heavy (non-hydrogen) atoms. The standard InChI is InChI=1S/C12H18N2O2/c1-9(13)12-4-2-3-10(14-12)7-16-11-5-6-15-8-11/h2-4,9,11H,5-8,13H2,1H3. The lowest BCUT2D eigenvalue weighted by molar-refractivity contribution is 0.0301. The first-order valence-corrected chi connectivity index (χ1v) is 5.66. The molecule has 2 atom stereocenters. The van der Waals surface area contributed by atoms with Gasteiger partial charge < -0.3 is 15.2 Å². The van der Waals surface area contributed by atoms with E-state index >= 15 is 0 Å². The van der Waals surface area contributed by atoms with Crippen molar-refractivity contribution in [2.75, 3.05) is 13.2 Å². The summed E-state index contributed by atoms with van der Waals surface area (Å²) in [6.07, 6.45) is 1.20. The van der Waals surface area contributed by atoms with E-state index < -0.39 is 0 Å². The lowest BCUT2D eigenvalue weighted by Gasteiger charge is -2.11. The normalized spacial score (nSPS) is 22.2. The van der Waals surface area contributed by atoms with E-state index in [1.807, 2.05) is 25.1 Å². The van der Waals surface area contributed by atoms with Gasteiger partial charge in [0.25, 0.3) is 0 Å². The third-order valence-corrected chi connectivity index (χ3v) is 2.65. The number of hydrogen-bond donors (Lipinski definition) is 1. The van der Waals surface area contributed by atoms with Gasteiger partial charge in [-0.15, -0.1) is 0 Å². The molecule has 0 radical (unpaired) electrons. The molecule has 4 heteroatoms. The van der Waals surface area contributed by atoms with Crippen LogP contribution in [0.3, 0.4) is 0 Å². The molecule has 2 heterocycles. The van der Waals surface area contributed by atoms with Crippen molar-refractivity contribution >= 4 is 0 Å². The first kappa shape index (κ1) is 11.5. The third-order valence-electron chi connectivity index (χ3n) is 2.65. The predicted octanol–water partition coefficient (Wildman–Crippen LogP) is 1.41. The highest BCUT2D eigenvalue weighted by atomic mass is 16.5. The van der Waals surface area contributed by atoms with Crippen LogP contribution in [-0.4, -0.2) is 24.3 Å². The third kappa shape index (κ3) is 3.01. The highest BCUT2D eigenvalue weighted by Crippen LogP contribution is 2.12. The Morgan fingerprint density at radius 1 is 1.62 bits per heavy atom. The Morgan fingerprint density at radius 3 is 3.19 bits per heavy atom. The van der Waals surface area contributed by atoms with Crippen LogP contribution in [0.5, 0.6) is 0 Å². The molecule has 2 rings (SSSR count). The van der Waals surface area contributed by atoms with Crippen molar-refractivity contribution in [2.24, 2.45) is 5.73 Å². The van der Waals surface area contributed by atoms with Gasteiger partial charge in [0.15, 0.2) is 0 Å². The Labute approximate surface area is 95.8 Å². The molecule has 1 aliphatic rings. The zero-order valence-corrected chi connectivity index (χ0v) is 9.56. The van der Waals surface area contributed by atoms with Crippen molar-refractivity contribution in [1.29, 1.82) is 0 Å². The second kappa shape index (κ2) is 5.39. The first-order chi connectivity index (χ1) is 7.75. The van der Waals surface area contributed by atoms with Crippen LogP contribution in [0.2, 0.25) is 0 Å². The van der Waals surface area contributed by atoms with E-state index in [1.54, 1.807) is 0 Å². The molecule has 0 aromatic carbocycles. The SMILES string of the molecule is CC(N)c1cccc(COC2CCOC2)n1.